The SMILES string of the molecule is CCOC(=O)c1sc(NC(=O)c2sc(-c3ccncc3)nc2C)nc1C. The summed E-state index contributed by atoms with van der Waals surface area (Å²) in [7, 11) is 0. The van der Waals surface area contributed by atoms with Crippen molar-refractivity contribution >= 4 is 39.7 Å². The Hall–Kier alpha value is -2.65. The molecule has 0 aliphatic carbocycles. The third-order valence-electron chi connectivity index (χ3n) is 3.41. The van der Waals surface area contributed by atoms with Crippen LogP contribution in [0, 0.1) is 13.8 Å². The summed E-state index contributed by atoms with van der Waals surface area (Å²) in [4.78, 5) is 38.0. The highest BCUT2D eigenvalue weighted by Crippen LogP contribution is 2.29. The maximum absolute atomic E-state index is 12.6. The van der Waals surface area contributed by atoms with E-state index in [2.05, 4.69) is 20.3 Å². The molecule has 134 valence electrons. The van der Waals surface area contributed by atoms with E-state index < -0.39 is 5.97 Å². The van der Waals surface area contributed by atoms with Crippen LogP contribution in [0.15, 0.2) is 24.5 Å². The number of hydrogen-bond donors (Lipinski definition) is 1. The Morgan fingerprint density at radius 1 is 1.08 bits per heavy atom. The first-order chi connectivity index (χ1) is 12.5. The number of nitrogens with zero attached hydrogens (tertiary/aromatic N) is 3. The zero-order valence-corrected chi connectivity index (χ0v) is 16.0. The summed E-state index contributed by atoms with van der Waals surface area (Å²) in [5, 5.41) is 3.84. The maximum atomic E-state index is 12.6. The van der Waals surface area contributed by atoms with Gasteiger partial charge in [-0.3, -0.25) is 15.1 Å². The van der Waals surface area contributed by atoms with Crippen molar-refractivity contribution in [3.05, 3.63) is 45.7 Å². The first-order valence-electron chi connectivity index (χ1n) is 7.83. The molecule has 26 heavy (non-hydrogen) atoms. The topological polar surface area (TPSA) is 94.1 Å². The van der Waals surface area contributed by atoms with E-state index in [4.69, 9.17) is 4.74 Å². The van der Waals surface area contributed by atoms with Crippen molar-refractivity contribution in [2.45, 2.75) is 20.8 Å². The molecule has 3 rings (SSSR count). The molecule has 0 atom stereocenters. The predicted molar refractivity (Wildman–Crippen MR) is 101 cm³/mol. The standard InChI is InChI=1S/C17H16N4O3S2/c1-4-24-16(23)13-10(3)20-17(26-13)21-14(22)12-9(2)19-15(25-12)11-5-7-18-8-6-11/h5-8H,4H2,1-3H3,(H,20,21,22). The largest absolute Gasteiger partial charge is 0.462 e. The summed E-state index contributed by atoms with van der Waals surface area (Å²) >= 11 is 2.40. The van der Waals surface area contributed by atoms with E-state index in [9.17, 15) is 9.59 Å². The fourth-order valence-electron chi connectivity index (χ4n) is 2.21. The molecule has 0 fully saturated rings. The minimum Gasteiger partial charge on any atom is -0.462 e. The molecule has 0 radical (unpaired) electrons. The Bertz CT molecular complexity index is 950. The predicted octanol–water partition coefficient (Wildman–Crippen LogP) is 3.71. The van der Waals surface area contributed by atoms with Gasteiger partial charge in [-0.1, -0.05) is 11.3 Å². The summed E-state index contributed by atoms with van der Waals surface area (Å²) in [5.41, 5.74) is 2.07. The van der Waals surface area contributed by atoms with Crippen LogP contribution in [-0.2, 0) is 4.74 Å². The minimum atomic E-state index is -0.433. The number of nitrogens with one attached hydrogen (secondary N) is 1. The molecule has 1 N–H and O–H groups in total. The molecule has 3 aromatic heterocycles. The lowest BCUT2D eigenvalue weighted by atomic mass is 10.3. The first kappa shape index (κ1) is 18.2. The number of anilines is 1. The van der Waals surface area contributed by atoms with Crippen molar-refractivity contribution in [2.24, 2.45) is 0 Å². The van der Waals surface area contributed by atoms with Gasteiger partial charge in [-0.15, -0.1) is 11.3 Å². The fraction of sp³-hybridized carbons (Fsp3) is 0.235. The second-order valence-electron chi connectivity index (χ2n) is 5.28. The van der Waals surface area contributed by atoms with Crippen molar-refractivity contribution in [2.75, 3.05) is 11.9 Å². The van der Waals surface area contributed by atoms with Crippen molar-refractivity contribution in [1.82, 2.24) is 15.0 Å². The molecule has 1 amide bonds. The number of hydrogen-bond acceptors (Lipinski definition) is 8. The fourth-order valence-corrected chi connectivity index (χ4v) is 4.04. The zero-order chi connectivity index (χ0) is 18.7. The molecule has 9 heteroatoms. The van der Waals surface area contributed by atoms with E-state index in [1.54, 1.807) is 33.2 Å². The molecule has 0 aliphatic rings. The lowest BCUT2D eigenvalue weighted by Gasteiger charge is -1.99. The molecule has 0 spiro atoms. The number of amides is 1. The average Bonchev–Trinajstić information content (AvgIpc) is 3.18. The molecule has 3 aromatic rings. The normalized spacial score (nSPS) is 10.6. The van der Waals surface area contributed by atoms with Crippen molar-refractivity contribution in [3.63, 3.8) is 0 Å². The van der Waals surface area contributed by atoms with E-state index in [-0.39, 0.29) is 12.5 Å². The van der Waals surface area contributed by atoms with Crippen LogP contribution in [0.4, 0.5) is 5.13 Å². The van der Waals surface area contributed by atoms with Gasteiger partial charge in [-0.05, 0) is 32.9 Å². The zero-order valence-electron chi connectivity index (χ0n) is 14.4. The van der Waals surface area contributed by atoms with Gasteiger partial charge in [0.05, 0.1) is 18.0 Å². The Morgan fingerprint density at radius 2 is 1.77 bits per heavy atom. The average molecular weight is 388 g/mol. The third-order valence-corrected chi connectivity index (χ3v) is 5.67. The number of aromatic nitrogens is 3. The molecule has 0 saturated heterocycles. The Kier molecular flexibility index (Phi) is 5.38. The van der Waals surface area contributed by atoms with E-state index in [1.807, 2.05) is 12.1 Å². The number of carbonyl (C=O) groups is 2. The van der Waals surface area contributed by atoms with Gasteiger partial charge in [-0.25, -0.2) is 14.8 Å². The molecule has 0 saturated carbocycles. The Balaban J connectivity index is 1.80. The molecule has 3 heterocycles. The van der Waals surface area contributed by atoms with Crippen molar-refractivity contribution < 1.29 is 14.3 Å². The molecular weight excluding hydrogens is 372 g/mol. The molecule has 0 aromatic carbocycles. The van der Waals surface area contributed by atoms with E-state index in [0.29, 0.717) is 26.3 Å². The van der Waals surface area contributed by atoms with Gasteiger partial charge in [0.2, 0.25) is 0 Å². The van der Waals surface area contributed by atoms with Gasteiger partial charge in [0, 0.05) is 18.0 Å². The molecule has 0 unspecified atom stereocenters. The van der Waals surface area contributed by atoms with Gasteiger partial charge in [0.15, 0.2) is 5.13 Å². The van der Waals surface area contributed by atoms with Crippen molar-refractivity contribution in [1.29, 1.82) is 0 Å². The Labute approximate surface area is 158 Å². The summed E-state index contributed by atoms with van der Waals surface area (Å²) in [6.45, 7) is 5.52. The van der Waals surface area contributed by atoms with Crippen LogP contribution < -0.4 is 5.32 Å². The molecule has 0 aliphatic heterocycles. The third kappa shape index (κ3) is 3.78. The van der Waals surface area contributed by atoms with E-state index >= 15 is 0 Å². The van der Waals surface area contributed by atoms with Crippen LogP contribution in [0.3, 0.4) is 0 Å². The highest BCUT2D eigenvalue weighted by atomic mass is 32.1. The summed E-state index contributed by atoms with van der Waals surface area (Å²) < 4.78 is 4.99. The highest BCUT2D eigenvalue weighted by molar-refractivity contribution is 7.18. The number of carbonyl (C=O) groups excluding carboxylic acids is 2. The van der Waals surface area contributed by atoms with Gasteiger partial charge in [-0.2, -0.15) is 0 Å². The summed E-state index contributed by atoms with van der Waals surface area (Å²) in [6, 6.07) is 3.69. The number of pyridine rings is 1. The van der Waals surface area contributed by atoms with E-state index in [0.717, 1.165) is 21.9 Å². The van der Waals surface area contributed by atoms with Crippen LogP contribution in [0.5, 0.6) is 0 Å². The molecular formula is C17H16N4O3S2. The number of thiazole rings is 2. The quantitative estimate of drug-likeness (QED) is 0.670. The number of esters is 1. The van der Waals surface area contributed by atoms with E-state index in [1.165, 1.54) is 11.3 Å². The second kappa shape index (κ2) is 7.71. The lowest BCUT2D eigenvalue weighted by molar-refractivity contribution is 0.0531. The highest BCUT2D eigenvalue weighted by Gasteiger charge is 2.20. The molecule has 7 nitrogen and oxygen atoms in total. The lowest BCUT2D eigenvalue weighted by Crippen LogP contribution is -2.11. The van der Waals surface area contributed by atoms with Gasteiger partial charge in [0.25, 0.3) is 5.91 Å². The van der Waals surface area contributed by atoms with Gasteiger partial charge < -0.3 is 4.74 Å². The summed E-state index contributed by atoms with van der Waals surface area (Å²) in [6.07, 6.45) is 3.36. The van der Waals surface area contributed by atoms with Gasteiger partial charge in [0.1, 0.15) is 14.8 Å². The minimum absolute atomic E-state index is 0.287. The number of rotatable bonds is 5. The van der Waals surface area contributed by atoms with Crippen LogP contribution in [0.2, 0.25) is 0 Å². The molecule has 0 bridgehead atoms. The monoisotopic (exact) mass is 388 g/mol. The van der Waals surface area contributed by atoms with Crippen LogP contribution >= 0.6 is 22.7 Å². The van der Waals surface area contributed by atoms with Crippen LogP contribution in [0.25, 0.3) is 10.6 Å². The summed E-state index contributed by atoms with van der Waals surface area (Å²) in [5.74, 6) is -0.735. The smallest absolute Gasteiger partial charge is 0.350 e. The van der Waals surface area contributed by atoms with Crippen molar-refractivity contribution in [3.8, 4) is 10.6 Å². The Morgan fingerprint density at radius 3 is 2.46 bits per heavy atom. The van der Waals surface area contributed by atoms with Crippen LogP contribution in [-0.4, -0.2) is 33.4 Å². The first-order valence-corrected chi connectivity index (χ1v) is 9.46. The number of aryl methyl sites for hydroxylation is 2. The second-order valence-corrected chi connectivity index (χ2v) is 7.28. The van der Waals surface area contributed by atoms with Gasteiger partial charge >= 0.3 is 5.97 Å². The maximum Gasteiger partial charge on any atom is 0.350 e. The van der Waals surface area contributed by atoms with Crippen LogP contribution in [0.1, 0.15) is 37.7 Å². The number of ether oxygens (including phenoxy) is 1.